The van der Waals surface area contributed by atoms with Crippen molar-refractivity contribution in [3.8, 4) is 5.82 Å². The molecule has 1 atom stereocenters. The van der Waals surface area contributed by atoms with E-state index in [2.05, 4.69) is 25.6 Å². The lowest BCUT2D eigenvalue weighted by Gasteiger charge is -2.16. The first-order valence-corrected chi connectivity index (χ1v) is 9.86. The molecule has 0 aliphatic rings. The number of hydrogen-bond donors (Lipinski definition) is 5. The smallest absolute Gasteiger partial charge is 0.272 e. The lowest BCUT2D eigenvalue weighted by molar-refractivity contribution is 0.0911. The van der Waals surface area contributed by atoms with E-state index in [9.17, 15) is 20.1 Å². The summed E-state index contributed by atoms with van der Waals surface area (Å²) in [5, 5.41) is 34.2. The van der Waals surface area contributed by atoms with Gasteiger partial charge in [-0.05, 0) is 24.6 Å². The van der Waals surface area contributed by atoms with Crippen LogP contribution < -0.4 is 10.6 Å². The molecule has 0 aliphatic carbocycles. The zero-order chi connectivity index (χ0) is 22.4. The molecule has 164 valence electrons. The van der Waals surface area contributed by atoms with E-state index in [1.807, 2.05) is 0 Å². The van der Waals surface area contributed by atoms with Crippen LogP contribution in [0.3, 0.4) is 0 Å². The van der Waals surface area contributed by atoms with Crippen LogP contribution in [0.1, 0.15) is 27.7 Å². The Bertz CT molecular complexity index is 1040. The molecular formula is C20H23ClN6O4. The van der Waals surface area contributed by atoms with Gasteiger partial charge in [-0.25, -0.2) is 9.97 Å². The molecule has 3 aromatic rings. The summed E-state index contributed by atoms with van der Waals surface area (Å²) in [6.45, 7) is 0.938. The zero-order valence-electron chi connectivity index (χ0n) is 16.7. The summed E-state index contributed by atoms with van der Waals surface area (Å²) in [6.07, 6.45) is 4.53. The number of halogens is 1. The Labute approximate surface area is 183 Å². The maximum atomic E-state index is 12.7. The van der Waals surface area contributed by atoms with Gasteiger partial charge in [-0.3, -0.25) is 9.36 Å². The number of hydrogen-bond acceptors (Lipinski definition) is 8. The number of imidazole rings is 1. The summed E-state index contributed by atoms with van der Waals surface area (Å²) in [7, 11) is 0. The van der Waals surface area contributed by atoms with Crippen molar-refractivity contribution in [2.24, 2.45) is 0 Å². The molecule has 0 aliphatic heterocycles. The Morgan fingerprint density at radius 2 is 1.97 bits per heavy atom. The number of aliphatic hydroxyl groups is 3. The summed E-state index contributed by atoms with van der Waals surface area (Å²) in [5.41, 5.74) is 1.54. The standard InChI is InChI=1S/C20H23ClN6O4/c1-12-6-22-20(24-15(8-28)9-29)26-18(12)27-7-16(23-11-27)19(31)25-17(10-30)13-3-2-4-14(21)5-13/h2-7,11,15,17,28-30H,8-10H2,1H3,(H,25,31)(H,22,24,26)/t17-/m1/s1. The van der Waals surface area contributed by atoms with Gasteiger partial charge in [0.2, 0.25) is 5.95 Å². The predicted octanol–water partition coefficient (Wildman–Crippen LogP) is 0.853. The second kappa shape index (κ2) is 10.3. The average molecular weight is 447 g/mol. The van der Waals surface area contributed by atoms with Gasteiger partial charge in [0, 0.05) is 23.0 Å². The second-order valence-corrected chi connectivity index (χ2v) is 7.27. The largest absolute Gasteiger partial charge is 0.394 e. The van der Waals surface area contributed by atoms with Gasteiger partial charge in [0.05, 0.1) is 31.9 Å². The molecule has 1 aromatic carbocycles. The molecule has 11 heteroatoms. The van der Waals surface area contributed by atoms with Gasteiger partial charge in [-0.2, -0.15) is 4.98 Å². The van der Waals surface area contributed by atoms with Crippen molar-refractivity contribution in [1.82, 2.24) is 24.8 Å². The molecule has 0 radical (unpaired) electrons. The van der Waals surface area contributed by atoms with Crippen LogP contribution in [0.25, 0.3) is 5.82 Å². The average Bonchev–Trinajstić information content (AvgIpc) is 3.27. The van der Waals surface area contributed by atoms with Gasteiger partial charge in [-0.15, -0.1) is 0 Å². The summed E-state index contributed by atoms with van der Waals surface area (Å²) in [5.74, 6) is 0.227. The van der Waals surface area contributed by atoms with E-state index in [1.54, 1.807) is 42.0 Å². The number of amides is 1. The fourth-order valence-electron chi connectivity index (χ4n) is 2.84. The lowest BCUT2D eigenvalue weighted by Crippen LogP contribution is -2.31. The number of nitrogens with one attached hydrogen (secondary N) is 2. The Hall–Kier alpha value is -3.05. The molecule has 2 heterocycles. The van der Waals surface area contributed by atoms with Gasteiger partial charge < -0.3 is 26.0 Å². The Kier molecular flexibility index (Phi) is 7.53. The lowest BCUT2D eigenvalue weighted by atomic mass is 10.1. The molecule has 0 saturated carbocycles. The van der Waals surface area contributed by atoms with Gasteiger partial charge in [0.15, 0.2) is 0 Å². The third kappa shape index (κ3) is 5.56. The number of rotatable bonds is 9. The summed E-state index contributed by atoms with van der Waals surface area (Å²) in [4.78, 5) is 25.3. The van der Waals surface area contributed by atoms with Crippen LogP contribution in [-0.2, 0) is 0 Å². The minimum atomic E-state index is -0.637. The molecule has 0 fully saturated rings. The van der Waals surface area contributed by atoms with Crippen molar-refractivity contribution >= 4 is 23.5 Å². The first-order chi connectivity index (χ1) is 14.9. The molecule has 0 bridgehead atoms. The normalized spacial score (nSPS) is 12.1. The fraction of sp³-hybridized carbons (Fsp3) is 0.300. The highest BCUT2D eigenvalue weighted by Gasteiger charge is 2.18. The number of benzene rings is 1. The van der Waals surface area contributed by atoms with Crippen molar-refractivity contribution in [3.05, 3.63) is 64.8 Å². The van der Waals surface area contributed by atoms with Crippen LogP contribution in [0.4, 0.5) is 5.95 Å². The summed E-state index contributed by atoms with van der Waals surface area (Å²) >= 11 is 5.99. The molecule has 2 aromatic heterocycles. The first-order valence-electron chi connectivity index (χ1n) is 9.48. The number of anilines is 1. The zero-order valence-corrected chi connectivity index (χ0v) is 17.5. The van der Waals surface area contributed by atoms with E-state index < -0.39 is 18.0 Å². The molecule has 0 unspecified atom stereocenters. The maximum absolute atomic E-state index is 12.7. The van der Waals surface area contributed by atoms with E-state index in [0.29, 0.717) is 16.4 Å². The maximum Gasteiger partial charge on any atom is 0.272 e. The molecule has 0 spiro atoms. The minimum absolute atomic E-state index is 0.136. The third-order valence-corrected chi connectivity index (χ3v) is 4.75. The van der Waals surface area contributed by atoms with E-state index in [-0.39, 0.29) is 31.5 Å². The summed E-state index contributed by atoms with van der Waals surface area (Å²) < 4.78 is 1.57. The third-order valence-electron chi connectivity index (χ3n) is 4.52. The molecule has 5 N–H and O–H groups in total. The fourth-order valence-corrected chi connectivity index (χ4v) is 3.04. The molecular weight excluding hydrogens is 424 g/mol. The monoisotopic (exact) mass is 446 g/mol. The Balaban J connectivity index is 1.78. The Morgan fingerprint density at radius 3 is 2.65 bits per heavy atom. The molecule has 3 rings (SSSR count). The van der Waals surface area contributed by atoms with Crippen molar-refractivity contribution in [2.45, 2.75) is 19.0 Å². The van der Waals surface area contributed by atoms with Crippen LogP contribution in [0.5, 0.6) is 0 Å². The Morgan fingerprint density at radius 1 is 1.19 bits per heavy atom. The van der Waals surface area contributed by atoms with Gasteiger partial charge in [-0.1, -0.05) is 23.7 Å². The number of aliphatic hydroxyl groups excluding tert-OH is 3. The second-order valence-electron chi connectivity index (χ2n) is 6.84. The van der Waals surface area contributed by atoms with Crippen LogP contribution in [0.2, 0.25) is 5.02 Å². The first kappa shape index (κ1) is 22.6. The van der Waals surface area contributed by atoms with E-state index in [4.69, 9.17) is 11.6 Å². The molecule has 10 nitrogen and oxygen atoms in total. The van der Waals surface area contributed by atoms with Crippen LogP contribution in [0.15, 0.2) is 43.0 Å². The number of carbonyl (C=O) groups excluding carboxylic acids is 1. The quantitative estimate of drug-likeness (QED) is 0.325. The van der Waals surface area contributed by atoms with Gasteiger partial charge in [0.1, 0.15) is 17.8 Å². The minimum Gasteiger partial charge on any atom is -0.394 e. The molecule has 1 amide bonds. The van der Waals surface area contributed by atoms with Crippen LogP contribution in [-0.4, -0.2) is 66.6 Å². The number of aromatic nitrogens is 4. The van der Waals surface area contributed by atoms with Crippen LogP contribution in [0, 0.1) is 6.92 Å². The van der Waals surface area contributed by atoms with Gasteiger partial charge >= 0.3 is 0 Å². The number of nitrogens with zero attached hydrogens (tertiary/aromatic N) is 4. The highest BCUT2D eigenvalue weighted by molar-refractivity contribution is 6.30. The van der Waals surface area contributed by atoms with Gasteiger partial charge in [0.25, 0.3) is 5.91 Å². The van der Waals surface area contributed by atoms with E-state index in [0.717, 1.165) is 5.56 Å². The number of carbonyl (C=O) groups is 1. The highest BCUT2D eigenvalue weighted by Crippen LogP contribution is 2.18. The SMILES string of the molecule is Cc1cnc(NC(CO)CO)nc1-n1cnc(C(=O)N[C@H](CO)c2cccc(Cl)c2)c1. The van der Waals surface area contributed by atoms with Crippen molar-refractivity contribution in [2.75, 3.05) is 25.1 Å². The van der Waals surface area contributed by atoms with E-state index in [1.165, 1.54) is 12.5 Å². The topological polar surface area (TPSA) is 145 Å². The highest BCUT2D eigenvalue weighted by atomic mass is 35.5. The van der Waals surface area contributed by atoms with Crippen LogP contribution >= 0.6 is 11.6 Å². The van der Waals surface area contributed by atoms with Crippen molar-refractivity contribution in [1.29, 1.82) is 0 Å². The van der Waals surface area contributed by atoms with Crippen molar-refractivity contribution in [3.63, 3.8) is 0 Å². The predicted molar refractivity (Wildman–Crippen MR) is 114 cm³/mol. The molecule has 0 saturated heterocycles. The number of aryl methyl sites for hydroxylation is 1. The van der Waals surface area contributed by atoms with E-state index >= 15 is 0 Å². The molecule has 31 heavy (non-hydrogen) atoms. The van der Waals surface area contributed by atoms with Crippen molar-refractivity contribution < 1.29 is 20.1 Å². The summed E-state index contributed by atoms with van der Waals surface area (Å²) in [6, 6.07) is 5.65.